The lowest BCUT2D eigenvalue weighted by atomic mass is 9.74. The van der Waals surface area contributed by atoms with Gasteiger partial charge in [0.2, 0.25) is 0 Å². The number of halogens is 4. The van der Waals surface area contributed by atoms with Crippen molar-refractivity contribution in [3.05, 3.63) is 70.1 Å². The van der Waals surface area contributed by atoms with Gasteiger partial charge in [-0.15, -0.1) is 0 Å². The third-order valence-electron chi connectivity index (χ3n) is 7.12. The first-order chi connectivity index (χ1) is 17.7. The quantitative estimate of drug-likeness (QED) is 0.321. The summed E-state index contributed by atoms with van der Waals surface area (Å²) in [5, 5.41) is 22.4. The van der Waals surface area contributed by atoms with Gasteiger partial charge in [-0.2, -0.15) is 0 Å². The van der Waals surface area contributed by atoms with Gasteiger partial charge in [-0.3, -0.25) is 9.88 Å². The van der Waals surface area contributed by atoms with Gasteiger partial charge in [-0.25, -0.2) is 13.2 Å². The molecule has 0 saturated carbocycles. The summed E-state index contributed by atoms with van der Waals surface area (Å²) in [5.74, 6) is 2.16. The molecule has 5 nitrogen and oxygen atoms in total. The van der Waals surface area contributed by atoms with Crippen molar-refractivity contribution in [1.29, 1.82) is 0 Å². The van der Waals surface area contributed by atoms with Crippen molar-refractivity contribution in [2.45, 2.75) is 31.8 Å². The minimum Gasteiger partial charge on any atom is -0.497 e. The number of nitrogens with zero attached hydrogens (tertiary/aromatic N) is 2. The Balaban J connectivity index is 1.37. The summed E-state index contributed by atoms with van der Waals surface area (Å²) >= 11 is 6.43. The second-order valence-corrected chi connectivity index (χ2v) is 9.85. The fraction of sp³-hybridized carbons (Fsp3) is 0.393. The Hall–Kier alpha value is -2.83. The summed E-state index contributed by atoms with van der Waals surface area (Å²) in [7, 11) is 1.57. The second-order valence-electron chi connectivity index (χ2n) is 9.45. The highest BCUT2D eigenvalue weighted by molar-refractivity contribution is 6.32. The predicted octanol–water partition coefficient (Wildman–Crippen LogP) is 5.25. The van der Waals surface area contributed by atoms with E-state index in [0.29, 0.717) is 67.2 Å². The molecule has 0 spiro atoms. The number of piperidine rings is 1. The Bertz CT molecular complexity index is 1310. The van der Waals surface area contributed by atoms with Crippen LogP contribution in [0.3, 0.4) is 0 Å². The first-order valence-electron chi connectivity index (χ1n) is 12.0. The van der Waals surface area contributed by atoms with Crippen molar-refractivity contribution in [2.75, 3.05) is 33.4 Å². The number of rotatable bonds is 7. The molecule has 0 amide bonds. The van der Waals surface area contributed by atoms with E-state index in [1.165, 1.54) is 6.20 Å². The van der Waals surface area contributed by atoms with Crippen LogP contribution < -0.4 is 4.74 Å². The zero-order valence-corrected chi connectivity index (χ0v) is 21.2. The van der Waals surface area contributed by atoms with Crippen molar-refractivity contribution >= 4 is 22.5 Å². The van der Waals surface area contributed by atoms with Gasteiger partial charge in [-0.1, -0.05) is 23.4 Å². The Morgan fingerprint density at radius 3 is 2.51 bits per heavy atom. The van der Waals surface area contributed by atoms with Gasteiger partial charge in [-0.05, 0) is 74.5 Å². The molecule has 0 radical (unpaired) electrons. The molecule has 1 aliphatic heterocycles. The number of methoxy groups -OCH3 is 1. The molecule has 3 aromatic rings. The first-order valence-corrected chi connectivity index (χ1v) is 12.4. The van der Waals surface area contributed by atoms with Crippen LogP contribution in [0.4, 0.5) is 13.2 Å². The maximum Gasteiger partial charge on any atom is 0.194 e. The number of ether oxygens (including phenoxy) is 1. The van der Waals surface area contributed by atoms with Gasteiger partial charge in [0.25, 0.3) is 0 Å². The van der Waals surface area contributed by atoms with E-state index in [1.54, 1.807) is 13.2 Å². The normalized spacial score (nSPS) is 16.3. The highest BCUT2D eigenvalue weighted by atomic mass is 35.5. The van der Waals surface area contributed by atoms with Crippen LogP contribution in [0.15, 0.2) is 36.5 Å². The minimum absolute atomic E-state index is 0.00792. The van der Waals surface area contributed by atoms with E-state index in [0.717, 1.165) is 17.5 Å². The summed E-state index contributed by atoms with van der Waals surface area (Å²) in [6, 6.07) is 7.17. The van der Waals surface area contributed by atoms with E-state index in [1.807, 2.05) is 12.1 Å². The van der Waals surface area contributed by atoms with Crippen molar-refractivity contribution in [1.82, 2.24) is 9.88 Å². The van der Waals surface area contributed by atoms with Crippen LogP contribution in [0.25, 0.3) is 10.9 Å². The molecule has 0 aliphatic carbocycles. The van der Waals surface area contributed by atoms with Crippen LogP contribution >= 0.6 is 11.6 Å². The lowest BCUT2D eigenvalue weighted by Gasteiger charge is -2.40. The zero-order valence-electron chi connectivity index (χ0n) is 20.4. The topological polar surface area (TPSA) is 65.8 Å². The van der Waals surface area contributed by atoms with Crippen molar-refractivity contribution in [2.24, 2.45) is 5.41 Å². The number of aromatic nitrogens is 1. The minimum atomic E-state index is -1.51. The summed E-state index contributed by atoms with van der Waals surface area (Å²) in [5.41, 5.74) is 1.03. The first kappa shape index (κ1) is 27.2. The van der Waals surface area contributed by atoms with Crippen LogP contribution in [0.5, 0.6) is 5.75 Å². The van der Waals surface area contributed by atoms with E-state index in [9.17, 15) is 23.4 Å². The number of hydrogen-bond donors (Lipinski definition) is 2. The van der Waals surface area contributed by atoms with Gasteiger partial charge in [0.15, 0.2) is 17.5 Å². The molecule has 1 aliphatic rings. The molecule has 1 saturated heterocycles. The average molecular weight is 533 g/mol. The van der Waals surface area contributed by atoms with E-state index >= 15 is 0 Å². The molecule has 37 heavy (non-hydrogen) atoms. The third kappa shape index (κ3) is 6.19. The van der Waals surface area contributed by atoms with Crippen LogP contribution in [0.1, 0.15) is 42.9 Å². The predicted molar refractivity (Wildman–Crippen MR) is 136 cm³/mol. The van der Waals surface area contributed by atoms with Gasteiger partial charge >= 0.3 is 0 Å². The van der Waals surface area contributed by atoms with Crippen LogP contribution in [0.2, 0.25) is 5.02 Å². The van der Waals surface area contributed by atoms with Crippen molar-refractivity contribution in [3.63, 3.8) is 0 Å². The largest absolute Gasteiger partial charge is 0.497 e. The Kier molecular flexibility index (Phi) is 8.60. The van der Waals surface area contributed by atoms with Crippen LogP contribution in [-0.2, 0) is 0 Å². The van der Waals surface area contributed by atoms with E-state index in [2.05, 4.69) is 21.7 Å². The maximum atomic E-state index is 13.4. The summed E-state index contributed by atoms with van der Waals surface area (Å²) in [6.07, 6.45) is 3.12. The molecule has 1 aromatic heterocycles. The Morgan fingerprint density at radius 2 is 1.86 bits per heavy atom. The fourth-order valence-corrected chi connectivity index (χ4v) is 5.05. The van der Waals surface area contributed by atoms with Crippen molar-refractivity contribution < 1.29 is 28.1 Å². The molecule has 0 bridgehead atoms. The van der Waals surface area contributed by atoms with Crippen LogP contribution in [0, 0.1) is 34.7 Å². The number of hydrogen-bond acceptors (Lipinski definition) is 5. The fourth-order valence-electron chi connectivity index (χ4n) is 4.77. The van der Waals surface area contributed by atoms with E-state index in [-0.39, 0.29) is 17.6 Å². The summed E-state index contributed by atoms with van der Waals surface area (Å²) < 4.78 is 45.2. The number of benzene rings is 2. The SMILES string of the molecule is COc1ccc2ncc(Cl)c([C@@H](O)CCC3(CO)CCN(CC#Cc4cc(F)c(F)c(F)c4)CC3)c2c1. The number of likely N-dealkylation sites (tertiary alicyclic amines) is 1. The molecular weight excluding hydrogens is 505 g/mol. The molecule has 196 valence electrons. The van der Waals surface area contributed by atoms with Crippen molar-refractivity contribution in [3.8, 4) is 17.6 Å². The third-order valence-corrected chi connectivity index (χ3v) is 7.42. The van der Waals surface area contributed by atoms with Gasteiger partial charge < -0.3 is 14.9 Å². The molecule has 0 unspecified atom stereocenters. The standard InChI is InChI=1S/C28H28ClF3N2O3/c1-37-19-4-5-24-20(15-19)26(21(29)16-33-24)25(36)6-7-28(17-35)8-11-34(12-9-28)10-2-3-18-13-22(30)27(32)23(31)14-18/h4-5,13-16,25,35-36H,6-12,17H2,1H3/t25-/m0/s1. The highest BCUT2D eigenvalue weighted by Crippen LogP contribution is 2.40. The average Bonchev–Trinajstić information content (AvgIpc) is 2.90. The second kappa shape index (κ2) is 11.7. The van der Waals surface area contributed by atoms with Gasteiger partial charge in [0.1, 0.15) is 5.75 Å². The molecule has 2 heterocycles. The number of aliphatic hydroxyl groups excluding tert-OH is 2. The molecule has 2 aromatic carbocycles. The monoisotopic (exact) mass is 532 g/mol. The van der Waals surface area contributed by atoms with Gasteiger partial charge in [0.05, 0.1) is 30.3 Å². The number of fused-ring (bicyclic) bond motifs is 1. The molecule has 1 atom stereocenters. The summed E-state index contributed by atoms with van der Waals surface area (Å²) in [6.45, 7) is 1.72. The highest BCUT2D eigenvalue weighted by Gasteiger charge is 2.34. The molecule has 4 rings (SSSR count). The lowest BCUT2D eigenvalue weighted by molar-refractivity contribution is 0.0273. The maximum absolute atomic E-state index is 13.4. The van der Waals surface area contributed by atoms with Gasteiger partial charge in [0, 0.05) is 29.3 Å². The Labute approximate surface area is 218 Å². The number of pyridine rings is 1. The molecular formula is C28H28ClF3N2O3. The summed E-state index contributed by atoms with van der Waals surface area (Å²) in [4.78, 5) is 6.42. The lowest BCUT2D eigenvalue weighted by Crippen LogP contribution is -2.42. The van der Waals surface area contributed by atoms with E-state index < -0.39 is 23.6 Å². The molecule has 1 fully saturated rings. The Morgan fingerprint density at radius 1 is 1.16 bits per heavy atom. The number of aliphatic hydroxyl groups is 2. The smallest absolute Gasteiger partial charge is 0.194 e. The van der Waals surface area contributed by atoms with E-state index in [4.69, 9.17) is 16.3 Å². The van der Waals surface area contributed by atoms with Crippen LogP contribution in [-0.4, -0.2) is 53.4 Å². The zero-order chi connectivity index (χ0) is 26.6. The molecule has 9 heteroatoms. The molecule has 2 N–H and O–H groups in total.